The van der Waals surface area contributed by atoms with E-state index in [-0.39, 0.29) is 28.2 Å². The van der Waals surface area contributed by atoms with Gasteiger partial charge in [0.2, 0.25) is 5.60 Å². The molecule has 0 aromatic carbocycles. The zero-order valence-electron chi connectivity index (χ0n) is 18.9. The average molecular weight is 550 g/mol. The highest BCUT2D eigenvalue weighted by Gasteiger charge is 2.55. The highest BCUT2D eigenvalue weighted by Crippen LogP contribution is 2.26. The van der Waals surface area contributed by atoms with Crippen molar-refractivity contribution >= 4 is 56.4 Å². The minimum Gasteiger partial charge on any atom is -0.478 e. The number of carbonyl (C=O) groups excluding carboxylic acids is 3. The summed E-state index contributed by atoms with van der Waals surface area (Å²) in [5, 5.41) is 16.4. The summed E-state index contributed by atoms with van der Waals surface area (Å²) in [4.78, 5) is 58.9. The van der Waals surface area contributed by atoms with Gasteiger partial charge in [-0.3, -0.25) is 14.1 Å². The predicted molar refractivity (Wildman–Crippen MR) is 121 cm³/mol. The molecule has 1 aromatic rings. The van der Waals surface area contributed by atoms with Gasteiger partial charge in [0.25, 0.3) is 11.8 Å². The molecular formula is C17H23N7O10S2. The maximum atomic E-state index is 13.0. The number of ether oxygens (including phenoxy) is 1. The quantitative estimate of drug-likeness (QED) is 0.0882. The van der Waals surface area contributed by atoms with Crippen LogP contribution in [0.5, 0.6) is 0 Å². The van der Waals surface area contributed by atoms with E-state index >= 15 is 0 Å². The van der Waals surface area contributed by atoms with Crippen LogP contribution >= 0.6 is 11.3 Å². The SMILES string of the molecule is CC(C)(ON=C(C(=O)N[C@@H]1C(=O)N(S(=O)(=O)O)[C@H]1CN1C[C@@H](CN)OC1=O)c1csc(N)n1)C(=O)O. The number of carboxylic acid groups (broad SMARTS) is 1. The van der Waals surface area contributed by atoms with Crippen molar-refractivity contribution in [2.75, 3.05) is 25.4 Å². The summed E-state index contributed by atoms with van der Waals surface area (Å²) in [6.07, 6.45) is -1.49. The van der Waals surface area contributed by atoms with Crippen LogP contribution in [-0.4, -0.2) is 105 Å². The molecular weight excluding hydrogens is 526 g/mol. The van der Waals surface area contributed by atoms with Crippen molar-refractivity contribution in [3.05, 3.63) is 11.1 Å². The second-order valence-electron chi connectivity index (χ2n) is 8.19. The lowest BCUT2D eigenvalue weighted by Crippen LogP contribution is -2.74. The molecule has 2 saturated heterocycles. The van der Waals surface area contributed by atoms with Gasteiger partial charge in [0.05, 0.1) is 12.6 Å². The first kappa shape index (κ1) is 27.0. The lowest BCUT2D eigenvalue weighted by atomic mass is 9.97. The van der Waals surface area contributed by atoms with Crippen molar-refractivity contribution in [1.29, 1.82) is 0 Å². The largest absolute Gasteiger partial charge is 0.478 e. The summed E-state index contributed by atoms with van der Waals surface area (Å²) < 4.78 is 38.1. The van der Waals surface area contributed by atoms with Crippen LogP contribution < -0.4 is 16.8 Å². The molecule has 7 N–H and O–H groups in total. The van der Waals surface area contributed by atoms with E-state index in [1.54, 1.807) is 0 Å². The minimum absolute atomic E-state index is 0.00268. The number of hydrogen-bond donors (Lipinski definition) is 5. The summed E-state index contributed by atoms with van der Waals surface area (Å²) in [6, 6.07) is -2.93. The number of amides is 3. The number of nitrogens with zero attached hydrogens (tertiary/aromatic N) is 4. The minimum atomic E-state index is -5.04. The fraction of sp³-hybridized carbons (Fsp3) is 0.529. The molecule has 0 unspecified atom stereocenters. The molecule has 0 saturated carbocycles. The number of anilines is 1. The number of aromatic nitrogens is 1. The van der Waals surface area contributed by atoms with Crippen LogP contribution in [0.25, 0.3) is 0 Å². The van der Waals surface area contributed by atoms with Crippen LogP contribution in [0.15, 0.2) is 10.5 Å². The summed E-state index contributed by atoms with van der Waals surface area (Å²) in [6.45, 7) is 1.90. The summed E-state index contributed by atoms with van der Waals surface area (Å²) >= 11 is 0.935. The Labute approximate surface area is 207 Å². The van der Waals surface area contributed by atoms with Crippen molar-refractivity contribution in [3.63, 3.8) is 0 Å². The fourth-order valence-electron chi connectivity index (χ4n) is 3.22. The molecule has 0 aliphatic carbocycles. The molecule has 3 rings (SSSR count). The molecule has 3 heterocycles. The summed E-state index contributed by atoms with van der Waals surface area (Å²) in [5.74, 6) is -3.68. The molecule has 0 radical (unpaired) electrons. The number of nitrogens with one attached hydrogen (secondary N) is 1. The third-order valence-electron chi connectivity index (χ3n) is 5.18. The van der Waals surface area contributed by atoms with E-state index in [1.807, 2.05) is 0 Å². The van der Waals surface area contributed by atoms with Gasteiger partial charge in [-0.25, -0.2) is 18.9 Å². The number of thiazole rings is 1. The third-order valence-corrected chi connectivity index (χ3v) is 6.81. The number of β-lactam (4-membered cyclic amide) rings is 1. The topological polar surface area (TPSA) is 257 Å². The monoisotopic (exact) mass is 549 g/mol. The zero-order chi connectivity index (χ0) is 27.0. The first-order valence-electron chi connectivity index (χ1n) is 10.1. The number of oxime groups is 1. The van der Waals surface area contributed by atoms with Crippen molar-refractivity contribution < 1.29 is 46.8 Å². The maximum absolute atomic E-state index is 13.0. The van der Waals surface area contributed by atoms with Gasteiger partial charge in [-0.2, -0.15) is 8.42 Å². The van der Waals surface area contributed by atoms with Gasteiger partial charge >= 0.3 is 22.4 Å². The Bertz CT molecular complexity index is 1210. The van der Waals surface area contributed by atoms with E-state index in [4.69, 9.17) is 21.0 Å². The second kappa shape index (κ2) is 9.84. The van der Waals surface area contributed by atoms with Crippen molar-refractivity contribution in [2.24, 2.45) is 10.9 Å². The maximum Gasteiger partial charge on any atom is 0.410 e. The van der Waals surface area contributed by atoms with E-state index in [1.165, 1.54) is 19.2 Å². The Morgan fingerprint density at radius 1 is 1.42 bits per heavy atom. The smallest absolute Gasteiger partial charge is 0.410 e. The molecule has 2 aliphatic heterocycles. The van der Waals surface area contributed by atoms with Crippen LogP contribution in [0.1, 0.15) is 19.5 Å². The molecule has 2 aliphatic rings. The first-order chi connectivity index (χ1) is 16.7. The van der Waals surface area contributed by atoms with Crippen LogP contribution in [0.3, 0.4) is 0 Å². The van der Waals surface area contributed by atoms with Gasteiger partial charge < -0.3 is 36.4 Å². The van der Waals surface area contributed by atoms with Gasteiger partial charge in [0, 0.05) is 18.5 Å². The van der Waals surface area contributed by atoms with E-state index in [0.29, 0.717) is 0 Å². The number of rotatable bonds is 10. The van der Waals surface area contributed by atoms with Gasteiger partial charge in [0.15, 0.2) is 10.8 Å². The van der Waals surface area contributed by atoms with E-state index in [9.17, 15) is 37.3 Å². The number of carbonyl (C=O) groups is 4. The van der Waals surface area contributed by atoms with Crippen molar-refractivity contribution in [3.8, 4) is 0 Å². The highest BCUT2D eigenvalue weighted by atomic mass is 32.2. The Morgan fingerprint density at radius 3 is 2.58 bits per heavy atom. The Hall–Kier alpha value is -3.55. The zero-order valence-corrected chi connectivity index (χ0v) is 20.5. The summed E-state index contributed by atoms with van der Waals surface area (Å²) in [7, 11) is -5.04. The Morgan fingerprint density at radius 2 is 2.08 bits per heavy atom. The molecule has 0 bridgehead atoms. The Balaban J connectivity index is 1.86. The lowest BCUT2D eigenvalue weighted by molar-refractivity contribution is -0.161. The van der Waals surface area contributed by atoms with E-state index in [0.717, 1.165) is 16.2 Å². The lowest BCUT2D eigenvalue weighted by Gasteiger charge is -2.45. The van der Waals surface area contributed by atoms with E-state index < -0.39 is 70.2 Å². The van der Waals surface area contributed by atoms with Crippen molar-refractivity contribution in [1.82, 2.24) is 19.5 Å². The predicted octanol–water partition coefficient (Wildman–Crippen LogP) is -2.41. The number of nitrogen functional groups attached to an aromatic ring is 1. The molecule has 17 nitrogen and oxygen atoms in total. The molecule has 3 atom stereocenters. The van der Waals surface area contributed by atoms with Crippen LogP contribution in [0.4, 0.5) is 9.93 Å². The van der Waals surface area contributed by atoms with Gasteiger partial charge in [-0.05, 0) is 13.8 Å². The number of hydrogen-bond acceptors (Lipinski definition) is 13. The molecule has 19 heteroatoms. The molecule has 0 spiro atoms. The molecule has 2 fully saturated rings. The van der Waals surface area contributed by atoms with Crippen LogP contribution in [-0.2, 0) is 34.3 Å². The van der Waals surface area contributed by atoms with E-state index in [2.05, 4.69) is 15.5 Å². The molecule has 1 aromatic heterocycles. The number of carboxylic acids is 1. The number of nitrogens with two attached hydrogens (primary N) is 2. The summed E-state index contributed by atoms with van der Waals surface area (Å²) in [5.41, 5.74) is 8.56. The average Bonchev–Trinajstić information content (AvgIpc) is 3.35. The van der Waals surface area contributed by atoms with Gasteiger partial charge in [-0.1, -0.05) is 5.16 Å². The Kier molecular flexibility index (Phi) is 7.39. The third kappa shape index (κ3) is 5.48. The normalized spacial score (nSPS) is 22.8. The number of cyclic esters (lactones) is 1. The number of aliphatic carboxylic acids is 1. The van der Waals surface area contributed by atoms with Crippen LogP contribution in [0, 0.1) is 0 Å². The molecule has 3 amide bonds. The second-order valence-corrected chi connectivity index (χ2v) is 10.4. The van der Waals surface area contributed by atoms with Gasteiger partial charge in [-0.15, -0.1) is 11.3 Å². The highest BCUT2D eigenvalue weighted by molar-refractivity contribution is 7.84. The van der Waals surface area contributed by atoms with Crippen LogP contribution in [0.2, 0.25) is 0 Å². The molecule has 198 valence electrons. The first-order valence-corrected chi connectivity index (χ1v) is 12.4. The standard InChI is InChI=1S/C17H23N7O10S2/c1-17(2,14(27)28)34-22-10(8-6-35-15(19)20-8)12(25)21-11-9(24(13(11)26)36(30,31)32)5-23-4-7(3-18)33-16(23)29/h6-7,9,11H,3-5,18H2,1-2H3,(H2,19,20)(H,21,25)(H,27,28)(H,30,31,32)/t7-,9+,11+/m1/s1. The van der Waals surface area contributed by atoms with Crippen molar-refractivity contribution in [2.45, 2.75) is 37.6 Å². The van der Waals surface area contributed by atoms with Gasteiger partial charge in [0.1, 0.15) is 17.8 Å². The fourth-order valence-corrected chi connectivity index (χ4v) is 4.64. The molecule has 36 heavy (non-hydrogen) atoms.